The van der Waals surface area contributed by atoms with Crippen molar-refractivity contribution in [2.75, 3.05) is 25.6 Å². The SMILES string of the molecule is CCCCN(C(=O)N(CCCl)N=O)C1O[C@H](CO)[C@@H](O)[C@H](O)[C@H]1O. The lowest BCUT2D eigenvalue weighted by Crippen LogP contribution is -2.65. The molecule has 0 aromatic rings. The molecule has 1 aliphatic heterocycles. The van der Waals surface area contributed by atoms with Crippen LogP contribution >= 0.6 is 11.6 Å². The molecule has 1 heterocycles. The summed E-state index contributed by atoms with van der Waals surface area (Å²) in [4.78, 5) is 24.4. The van der Waals surface area contributed by atoms with E-state index >= 15 is 0 Å². The first kappa shape index (κ1) is 21.0. The van der Waals surface area contributed by atoms with Gasteiger partial charge in [0.2, 0.25) is 0 Å². The van der Waals surface area contributed by atoms with Crippen LogP contribution in [-0.2, 0) is 4.74 Å². The van der Waals surface area contributed by atoms with Gasteiger partial charge in [0.25, 0.3) is 0 Å². The van der Waals surface area contributed by atoms with Crippen LogP contribution in [0.1, 0.15) is 19.8 Å². The zero-order valence-electron chi connectivity index (χ0n) is 13.4. The number of carbonyl (C=O) groups is 1. The van der Waals surface area contributed by atoms with E-state index in [9.17, 15) is 30.1 Å². The van der Waals surface area contributed by atoms with Crippen molar-refractivity contribution in [3.05, 3.63) is 4.91 Å². The number of amides is 2. The summed E-state index contributed by atoms with van der Waals surface area (Å²) in [6.07, 6.45) is -6.03. The predicted molar refractivity (Wildman–Crippen MR) is 84.0 cm³/mol. The fourth-order valence-corrected chi connectivity index (χ4v) is 2.56. The van der Waals surface area contributed by atoms with Crippen molar-refractivity contribution in [2.45, 2.75) is 50.4 Å². The van der Waals surface area contributed by atoms with Crippen molar-refractivity contribution in [2.24, 2.45) is 5.29 Å². The molecule has 0 aromatic heterocycles. The second-order valence-electron chi connectivity index (χ2n) is 5.44. The largest absolute Gasteiger partial charge is 0.394 e. The summed E-state index contributed by atoms with van der Waals surface area (Å²) in [7, 11) is 0. The maximum Gasteiger partial charge on any atom is 0.345 e. The molecule has 2 amide bonds. The number of nitrogens with zero attached hydrogens (tertiary/aromatic N) is 3. The van der Waals surface area contributed by atoms with E-state index < -0.39 is 43.3 Å². The average Bonchev–Trinajstić information content (AvgIpc) is 2.59. The van der Waals surface area contributed by atoms with E-state index in [1.54, 1.807) is 0 Å². The number of nitroso groups, excluding NO2 is 1. The van der Waals surface area contributed by atoms with E-state index in [0.717, 1.165) is 4.90 Å². The van der Waals surface area contributed by atoms with Crippen LogP contribution in [0.3, 0.4) is 0 Å². The zero-order valence-corrected chi connectivity index (χ0v) is 14.1. The van der Waals surface area contributed by atoms with Gasteiger partial charge in [-0.1, -0.05) is 13.3 Å². The molecule has 1 fully saturated rings. The average molecular weight is 370 g/mol. The Morgan fingerprint density at radius 3 is 2.38 bits per heavy atom. The highest BCUT2D eigenvalue weighted by Gasteiger charge is 2.47. The van der Waals surface area contributed by atoms with Crippen LogP contribution in [0.2, 0.25) is 0 Å². The lowest BCUT2D eigenvalue weighted by atomic mass is 9.97. The molecule has 5 atom stereocenters. The zero-order chi connectivity index (χ0) is 18.3. The number of carbonyl (C=O) groups excluding carboxylic acids is 1. The molecular weight excluding hydrogens is 346 g/mol. The molecule has 1 rings (SSSR count). The van der Waals surface area contributed by atoms with E-state index in [1.807, 2.05) is 6.92 Å². The number of aliphatic hydroxyl groups excluding tert-OH is 4. The van der Waals surface area contributed by atoms with Gasteiger partial charge in [0, 0.05) is 12.4 Å². The highest BCUT2D eigenvalue weighted by molar-refractivity contribution is 6.18. The van der Waals surface area contributed by atoms with E-state index in [2.05, 4.69) is 5.29 Å². The van der Waals surface area contributed by atoms with Crippen molar-refractivity contribution in [1.29, 1.82) is 0 Å². The Morgan fingerprint density at radius 2 is 1.88 bits per heavy atom. The normalized spacial score (nSPS) is 30.0. The number of ether oxygens (including phenoxy) is 1. The lowest BCUT2D eigenvalue weighted by molar-refractivity contribution is -0.258. The van der Waals surface area contributed by atoms with Crippen LogP contribution in [0, 0.1) is 4.91 Å². The van der Waals surface area contributed by atoms with Gasteiger partial charge in [0.15, 0.2) is 6.23 Å². The summed E-state index contributed by atoms with van der Waals surface area (Å²) >= 11 is 5.53. The van der Waals surface area contributed by atoms with E-state index in [0.29, 0.717) is 17.9 Å². The highest BCUT2D eigenvalue weighted by Crippen LogP contribution is 2.25. The molecule has 1 saturated heterocycles. The monoisotopic (exact) mass is 369 g/mol. The van der Waals surface area contributed by atoms with Gasteiger partial charge in [-0.3, -0.25) is 4.90 Å². The van der Waals surface area contributed by atoms with Gasteiger partial charge in [0.1, 0.15) is 24.4 Å². The standard InChI is InChI=1S/C13H24ClN3O7/c1-2-3-5-16(13(22)17(15-23)6-4-14)12-11(21)10(20)9(19)8(7-18)24-12/h8-12,18-21H,2-7H2,1H3/t8-,9-,10+,11-,12?/m1/s1. The van der Waals surface area contributed by atoms with Crippen molar-refractivity contribution >= 4 is 17.6 Å². The second kappa shape index (κ2) is 10.1. The first-order chi connectivity index (χ1) is 11.4. The topological polar surface area (TPSA) is 143 Å². The predicted octanol–water partition coefficient (Wildman–Crippen LogP) is -0.769. The molecule has 10 nitrogen and oxygen atoms in total. The summed E-state index contributed by atoms with van der Waals surface area (Å²) in [6.45, 7) is 1.25. The van der Waals surface area contributed by atoms with E-state index in [4.69, 9.17) is 16.3 Å². The quantitative estimate of drug-likeness (QED) is 0.250. The lowest BCUT2D eigenvalue weighted by Gasteiger charge is -2.44. The Labute approximate surface area is 144 Å². The van der Waals surface area contributed by atoms with Gasteiger partial charge in [-0.25, -0.2) is 4.79 Å². The third-order valence-corrected chi connectivity index (χ3v) is 3.96. The number of rotatable bonds is 8. The minimum Gasteiger partial charge on any atom is -0.394 e. The molecule has 140 valence electrons. The van der Waals surface area contributed by atoms with Gasteiger partial charge in [0.05, 0.1) is 18.4 Å². The molecule has 0 saturated carbocycles. The fourth-order valence-electron chi connectivity index (χ4n) is 2.40. The van der Waals surface area contributed by atoms with Gasteiger partial charge in [-0.05, 0) is 6.42 Å². The van der Waals surface area contributed by atoms with Gasteiger partial charge >= 0.3 is 6.03 Å². The molecule has 1 aliphatic rings. The highest BCUT2D eigenvalue weighted by atomic mass is 35.5. The molecular formula is C13H24ClN3O7. The molecule has 0 aromatic carbocycles. The number of aliphatic hydroxyl groups is 4. The maximum atomic E-state index is 12.5. The summed E-state index contributed by atoms with van der Waals surface area (Å²) in [5.41, 5.74) is 0. The summed E-state index contributed by atoms with van der Waals surface area (Å²) in [5.74, 6) is -0.0201. The Bertz CT molecular complexity index is 415. The van der Waals surface area contributed by atoms with Crippen molar-refractivity contribution in [3.8, 4) is 0 Å². The van der Waals surface area contributed by atoms with Crippen LogP contribution in [0.15, 0.2) is 5.29 Å². The van der Waals surface area contributed by atoms with Gasteiger partial charge in [-0.15, -0.1) is 16.5 Å². The van der Waals surface area contributed by atoms with Crippen LogP contribution < -0.4 is 0 Å². The number of unbranched alkanes of at least 4 members (excludes halogenated alkanes) is 1. The fraction of sp³-hybridized carbons (Fsp3) is 0.923. The smallest absolute Gasteiger partial charge is 0.345 e. The third kappa shape index (κ3) is 4.74. The van der Waals surface area contributed by atoms with Crippen LogP contribution in [0.25, 0.3) is 0 Å². The van der Waals surface area contributed by atoms with E-state index in [1.165, 1.54) is 0 Å². The number of alkyl halides is 1. The van der Waals surface area contributed by atoms with Crippen molar-refractivity contribution in [3.63, 3.8) is 0 Å². The van der Waals surface area contributed by atoms with Crippen molar-refractivity contribution in [1.82, 2.24) is 9.91 Å². The molecule has 0 radical (unpaired) electrons. The summed E-state index contributed by atoms with van der Waals surface area (Å²) in [5, 5.41) is 42.3. The van der Waals surface area contributed by atoms with Crippen LogP contribution in [0.5, 0.6) is 0 Å². The van der Waals surface area contributed by atoms with E-state index in [-0.39, 0.29) is 19.0 Å². The minimum absolute atomic E-state index is 0.0201. The molecule has 0 bridgehead atoms. The summed E-state index contributed by atoms with van der Waals surface area (Å²) in [6, 6.07) is -0.844. The van der Waals surface area contributed by atoms with Crippen LogP contribution in [-0.4, -0.2) is 92.6 Å². The number of hydrogen-bond acceptors (Lipinski definition) is 8. The Morgan fingerprint density at radius 1 is 1.21 bits per heavy atom. The number of urea groups is 1. The molecule has 1 unspecified atom stereocenters. The van der Waals surface area contributed by atoms with Gasteiger partial charge in [-0.2, -0.15) is 5.01 Å². The first-order valence-corrected chi connectivity index (χ1v) is 8.24. The number of halogens is 1. The van der Waals surface area contributed by atoms with Crippen LogP contribution in [0.4, 0.5) is 4.79 Å². The third-order valence-electron chi connectivity index (χ3n) is 3.79. The Balaban J connectivity index is 3.04. The first-order valence-electron chi connectivity index (χ1n) is 7.70. The molecule has 4 N–H and O–H groups in total. The van der Waals surface area contributed by atoms with Crippen molar-refractivity contribution < 1.29 is 30.0 Å². The number of hydrogen-bond donors (Lipinski definition) is 4. The molecule has 0 spiro atoms. The second-order valence-corrected chi connectivity index (χ2v) is 5.82. The molecule has 0 aliphatic carbocycles. The molecule has 11 heteroatoms. The maximum absolute atomic E-state index is 12.5. The molecule has 24 heavy (non-hydrogen) atoms. The van der Waals surface area contributed by atoms with Gasteiger partial charge < -0.3 is 25.2 Å². The Kier molecular flexibility index (Phi) is 8.81. The summed E-state index contributed by atoms with van der Waals surface area (Å²) < 4.78 is 5.38. The Hall–Kier alpha value is -1.04. The minimum atomic E-state index is -1.62.